The van der Waals surface area contributed by atoms with E-state index < -0.39 is 5.92 Å². The molecule has 0 spiro atoms. The van der Waals surface area contributed by atoms with Crippen LogP contribution in [-0.4, -0.2) is 30.8 Å². The highest BCUT2D eigenvalue weighted by atomic mass is 32.2. The fourth-order valence-corrected chi connectivity index (χ4v) is 19.6. The minimum absolute atomic E-state index is 0.00106. The van der Waals surface area contributed by atoms with Crippen molar-refractivity contribution < 1.29 is 9.13 Å². The lowest BCUT2D eigenvalue weighted by atomic mass is 9.76. The van der Waals surface area contributed by atoms with Crippen LogP contribution in [0.3, 0.4) is 0 Å². The molecule has 3 atom stereocenters. The number of hydrogen-bond donors (Lipinski definition) is 6. The number of aryl methyl sites for hydroxylation is 2. The van der Waals surface area contributed by atoms with E-state index in [2.05, 4.69) is 199 Å². The molecular weight excluding hydrogens is 1630 g/mol. The quantitative estimate of drug-likeness (QED) is 0.0298. The average Bonchev–Trinajstić information content (AvgIpc) is 1.68. The second-order valence-corrected chi connectivity index (χ2v) is 33.2. The van der Waals surface area contributed by atoms with Crippen LogP contribution in [0, 0.1) is 122 Å². The maximum absolute atomic E-state index is 9.72. The van der Waals surface area contributed by atoms with E-state index in [0.29, 0.717) is 22.3 Å². The van der Waals surface area contributed by atoms with Crippen LogP contribution in [0.15, 0.2) is 356 Å². The highest BCUT2D eigenvalue weighted by molar-refractivity contribution is 8.32. The van der Waals surface area contributed by atoms with Gasteiger partial charge in [0.2, 0.25) is 0 Å². The third-order valence-electron chi connectivity index (χ3n) is 23.1. The molecule has 0 amide bonds. The number of terminal acetylenes is 3. The van der Waals surface area contributed by atoms with Gasteiger partial charge in [-0.1, -0.05) is 260 Å². The van der Waals surface area contributed by atoms with Crippen molar-refractivity contribution in [3.63, 3.8) is 0 Å². The number of fused-ring (bicyclic) bond motifs is 6. The zero-order valence-electron chi connectivity index (χ0n) is 71.3. The molecule has 2 saturated heterocycles. The van der Waals surface area contributed by atoms with Crippen molar-refractivity contribution >= 4 is 106 Å². The van der Waals surface area contributed by atoms with Crippen LogP contribution in [-0.2, 0) is 14.1 Å². The topological polar surface area (TPSA) is 246 Å². The lowest BCUT2D eigenvalue weighted by molar-refractivity contribution is -0.671. The van der Waals surface area contributed by atoms with Crippen LogP contribution in [0.1, 0.15) is 58.1 Å². The van der Waals surface area contributed by atoms with Crippen molar-refractivity contribution in [3.05, 3.63) is 431 Å². The molecule has 2 aromatic heterocycles. The first-order valence-corrected chi connectivity index (χ1v) is 44.2. The lowest BCUT2D eigenvalue weighted by Crippen LogP contribution is -2.38. The molecule has 6 N–H and O–H groups in total. The molecule has 4 aliphatic carbocycles. The molecule has 2 fully saturated rings. The summed E-state index contributed by atoms with van der Waals surface area (Å²) in [6.07, 6.45) is 47.4. The van der Waals surface area contributed by atoms with Crippen molar-refractivity contribution in [1.29, 1.82) is 36.8 Å². The van der Waals surface area contributed by atoms with Crippen molar-refractivity contribution in [2.45, 2.75) is 30.8 Å². The summed E-state index contributed by atoms with van der Waals surface area (Å²) in [7, 11) is 4.10. The van der Waals surface area contributed by atoms with E-state index in [1.807, 2.05) is 269 Å². The van der Waals surface area contributed by atoms with Crippen LogP contribution >= 0.6 is 23.5 Å². The molecule has 20 rings (SSSR count). The normalized spacial score (nSPS) is 15.4. The highest BCUT2D eigenvalue weighted by Gasteiger charge is 2.33. The largest absolute Gasteiger partial charge is 0.347 e. The maximum Gasteiger partial charge on any atom is 0.169 e. The molecular formula is C113H85N15S2+2. The number of benzene rings is 10. The second-order valence-electron chi connectivity index (χ2n) is 30.7. The van der Waals surface area contributed by atoms with Gasteiger partial charge >= 0.3 is 0 Å². The first kappa shape index (κ1) is 88.0. The van der Waals surface area contributed by atoms with Gasteiger partial charge in [-0.15, -0.1) is 42.8 Å². The van der Waals surface area contributed by atoms with Gasteiger partial charge in [-0.25, -0.2) is 9.13 Å². The van der Waals surface area contributed by atoms with E-state index in [1.54, 1.807) is 0 Å². The number of nitrogens with zero attached hydrogens (tertiary/aromatic N) is 9. The van der Waals surface area contributed by atoms with Gasteiger partial charge in [0, 0.05) is 122 Å². The Balaban J connectivity index is 0.000000121. The van der Waals surface area contributed by atoms with Crippen LogP contribution in [0.4, 0.5) is 0 Å². The van der Waals surface area contributed by atoms with Crippen LogP contribution in [0.5, 0.6) is 0 Å². The second kappa shape index (κ2) is 42.2. The molecule has 622 valence electrons. The van der Waals surface area contributed by atoms with Crippen molar-refractivity contribution in [2.75, 3.05) is 24.6 Å². The smallest absolute Gasteiger partial charge is 0.169 e. The van der Waals surface area contributed by atoms with E-state index >= 15 is 0 Å². The summed E-state index contributed by atoms with van der Waals surface area (Å²) >= 11 is 3.76. The average molecular weight is 1720 g/mol. The Morgan fingerprint density at radius 2 is 0.892 bits per heavy atom. The standard InChI is InChI=1S/C25H15N.C22H23N4.C20H12N4.C17H17N3.C16H10N2S2.C13H7N/c1-2-18(17-26)25-23(19-11-5-3-6-12-19)21-15-9-10-16-22(21)24(25)20-13-7-4-8-14-20;1-25-13-7-18(8-14-25)21(19-9-15-26(2)16-10-19)17-3-5-20(6-4-17)22-23-11-12-24-22;21-11-13(12-22)18-14-5-1-3-7-16(14)19(20-23-9-10-24-20)17-8-4-2-6-15(17)18;1-2-12(11-18)13-7-8-16(17-19-9-10-20-17)15-6-4-3-5-14(13)15;17-9-11(10-18)12-5-6-15(16-19-7-8-20-16)14-4-2-1-3-13(12)14;1-2-10(9-14)13-7-11-5-3-4-6-12(11)8-13/h1,3-16H;3,5,7-16H,4,6H2,1-2H3,(H,23,24);1-10,23-24H;1,3-8,12-13,16-17,19-20H,9-10H2;1-6H,7-8H2;1,3-8H/q;+1;;;;/p+1. The number of rotatable bonds is 6. The molecule has 3 unspecified atom stereocenters. The molecule has 130 heavy (non-hydrogen) atoms. The summed E-state index contributed by atoms with van der Waals surface area (Å²) < 4.78 is 5.48. The molecule has 0 radical (unpaired) electrons. The van der Waals surface area contributed by atoms with Crippen LogP contribution in [0.25, 0.3) is 82.4 Å². The first-order chi connectivity index (χ1) is 63.9. The van der Waals surface area contributed by atoms with Gasteiger partial charge in [0.1, 0.15) is 90.4 Å². The third kappa shape index (κ3) is 19.2. The summed E-state index contributed by atoms with van der Waals surface area (Å²) in [6.45, 7) is 1.98. The minimum Gasteiger partial charge on any atom is -0.347 e. The molecule has 0 bridgehead atoms. The third-order valence-corrected chi connectivity index (χ3v) is 25.9. The maximum atomic E-state index is 9.72. The Morgan fingerprint density at radius 3 is 1.38 bits per heavy atom. The van der Waals surface area contributed by atoms with E-state index in [-0.39, 0.29) is 23.2 Å². The van der Waals surface area contributed by atoms with Gasteiger partial charge in [-0.05, 0) is 139 Å². The predicted octanol–water partition coefficient (Wildman–Crippen LogP) is 12.8. The number of aromatic nitrogens is 2. The summed E-state index contributed by atoms with van der Waals surface area (Å²) in [5.74, 6) is 11.8. The Labute approximate surface area is 764 Å². The number of thioether (sulfide) groups is 2. The monoisotopic (exact) mass is 1720 g/mol. The zero-order chi connectivity index (χ0) is 90.2. The number of pyridine rings is 2. The Morgan fingerprint density at radius 1 is 0.431 bits per heavy atom. The van der Waals surface area contributed by atoms with E-state index in [4.69, 9.17) is 35.1 Å². The summed E-state index contributed by atoms with van der Waals surface area (Å²) in [6, 6.07) is 95.7. The number of hydrogen-bond acceptors (Lipinski definition) is 15. The van der Waals surface area contributed by atoms with E-state index in [1.165, 1.54) is 48.4 Å². The lowest BCUT2D eigenvalue weighted by Gasteiger charge is -2.31. The fourth-order valence-electron chi connectivity index (χ4n) is 17.1. The van der Waals surface area contributed by atoms with Gasteiger partial charge < -0.3 is 21.3 Å². The molecule has 15 nitrogen and oxygen atoms in total. The van der Waals surface area contributed by atoms with Crippen molar-refractivity contribution in [2.24, 2.45) is 20.0 Å². The molecule has 0 saturated carbocycles. The Bertz CT molecular complexity index is 7500. The minimum atomic E-state index is -0.405. The van der Waals surface area contributed by atoms with Crippen molar-refractivity contribution in [1.82, 2.24) is 31.9 Å². The Kier molecular flexibility index (Phi) is 28.5. The fraction of sp³-hybridized carbons (Fsp3) is 0.106. The molecule has 4 aliphatic heterocycles. The summed E-state index contributed by atoms with van der Waals surface area (Å²) in [5.41, 5.74) is 15.9. The Hall–Kier alpha value is -16.9. The van der Waals surface area contributed by atoms with Crippen LogP contribution < -0.4 is 82.8 Å². The molecule has 12 aromatic rings. The predicted molar refractivity (Wildman–Crippen MR) is 522 cm³/mol. The van der Waals surface area contributed by atoms with E-state index in [0.717, 1.165) is 146 Å². The highest BCUT2D eigenvalue weighted by Crippen LogP contribution is 2.41. The zero-order valence-corrected chi connectivity index (χ0v) is 72.9. The molecule has 17 heteroatoms. The van der Waals surface area contributed by atoms with Gasteiger partial charge in [0.25, 0.3) is 0 Å². The van der Waals surface area contributed by atoms with Gasteiger partial charge in [-0.3, -0.25) is 10.6 Å². The SMILES string of the molecule is C#CC(C#N)=C1C(c2ccccc2)=c2ccccc2=C1c1ccccc1.C#CC(C#N)=C1C=c2ccccc2=C1.C#CC(C#N)C1C=CC(C2NCCN2)c2ccccc21.C[n+]1ccc(C(=C2C=CC(=C3NC=CN3)CC2)c2cc[n+](C)cc2)cc1.N#CC(C#N)=c1c2ccccc2c(=C2NC=CN2)c2ccccc12.N#CC(C#N)=c1ccc(=C2SCCS2)c2ccccc12. The summed E-state index contributed by atoms with van der Waals surface area (Å²) in [4.78, 5) is 0. The molecule has 6 heterocycles. The van der Waals surface area contributed by atoms with Gasteiger partial charge in [0.15, 0.2) is 24.8 Å². The number of allylic oxidation sites excluding steroid dienone is 9. The number of nitriles is 7. The summed E-state index contributed by atoms with van der Waals surface area (Å²) in [5, 5.41) is 98.7. The first-order valence-electron chi connectivity index (χ1n) is 42.2. The van der Waals surface area contributed by atoms with E-state index in [9.17, 15) is 21.0 Å². The number of nitrogens with one attached hydrogen (secondary N) is 6. The van der Waals surface area contributed by atoms with Crippen molar-refractivity contribution in [3.8, 4) is 79.5 Å². The van der Waals surface area contributed by atoms with Gasteiger partial charge in [0.05, 0.1) is 12.2 Å². The van der Waals surface area contributed by atoms with Crippen LogP contribution in [0.2, 0.25) is 0 Å². The molecule has 10 aromatic carbocycles. The van der Waals surface area contributed by atoms with Gasteiger partial charge in [-0.2, -0.15) is 36.8 Å². The molecule has 8 aliphatic rings.